The summed E-state index contributed by atoms with van der Waals surface area (Å²) in [6.45, 7) is 5.10. The number of amides is 1. The van der Waals surface area contributed by atoms with Crippen LogP contribution in [0, 0.1) is 12.3 Å². The van der Waals surface area contributed by atoms with Gasteiger partial charge in [-0.2, -0.15) is 0 Å². The van der Waals surface area contributed by atoms with Crippen molar-refractivity contribution in [2.24, 2.45) is 5.41 Å². The van der Waals surface area contributed by atoms with Gasteiger partial charge in [-0.3, -0.25) is 4.79 Å². The van der Waals surface area contributed by atoms with E-state index in [0.29, 0.717) is 13.2 Å². The fraction of sp³-hybridized carbons (Fsp3) is 0.368. The van der Waals surface area contributed by atoms with Gasteiger partial charge in [-0.25, -0.2) is 4.98 Å². The van der Waals surface area contributed by atoms with Crippen molar-refractivity contribution in [3.05, 3.63) is 46.0 Å². The molecule has 130 valence electrons. The SMILES string of the molecule is Cc1c(CNC(=O)C2(C)CC2)[nH]c2cc(OCc3cscn3)ccc12. The molecule has 2 N–H and O–H groups in total. The van der Waals surface area contributed by atoms with Crippen LogP contribution in [-0.2, 0) is 17.9 Å². The Bertz CT molecular complexity index is 910. The second kappa shape index (κ2) is 6.19. The highest BCUT2D eigenvalue weighted by atomic mass is 32.1. The molecule has 0 radical (unpaired) electrons. The molecule has 0 saturated heterocycles. The van der Waals surface area contributed by atoms with E-state index in [2.05, 4.69) is 28.3 Å². The quantitative estimate of drug-likeness (QED) is 0.704. The van der Waals surface area contributed by atoms with Gasteiger partial charge in [0.1, 0.15) is 12.4 Å². The minimum Gasteiger partial charge on any atom is -0.487 e. The van der Waals surface area contributed by atoms with E-state index in [1.807, 2.05) is 24.4 Å². The summed E-state index contributed by atoms with van der Waals surface area (Å²) in [5, 5.41) is 6.19. The third kappa shape index (κ3) is 3.26. The predicted octanol–water partition coefficient (Wildman–Crippen LogP) is 3.93. The molecule has 1 aliphatic carbocycles. The van der Waals surface area contributed by atoms with Gasteiger partial charge >= 0.3 is 0 Å². The molecule has 2 aromatic heterocycles. The smallest absolute Gasteiger partial charge is 0.226 e. The molecule has 3 aromatic rings. The molecule has 1 saturated carbocycles. The molecule has 1 aliphatic rings. The molecule has 0 atom stereocenters. The van der Waals surface area contributed by atoms with Crippen LogP contribution in [0.2, 0.25) is 0 Å². The number of nitrogens with one attached hydrogen (secondary N) is 2. The maximum absolute atomic E-state index is 12.1. The maximum Gasteiger partial charge on any atom is 0.226 e. The van der Waals surface area contributed by atoms with E-state index < -0.39 is 0 Å². The molecule has 4 rings (SSSR count). The van der Waals surface area contributed by atoms with Crippen LogP contribution < -0.4 is 10.1 Å². The highest BCUT2D eigenvalue weighted by molar-refractivity contribution is 7.07. The van der Waals surface area contributed by atoms with Crippen molar-refractivity contribution in [1.29, 1.82) is 0 Å². The number of rotatable bonds is 6. The minimum absolute atomic E-state index is 0.142. The third-order valence-corrected chi connectivity index (χ3v) is 5.61. The van der Waals surface area contributed by atoms with Crippen molar-refractivity contribution in [1.82, 2.24) is 15.3 Å². The normalized spacial score (nSPS) is 15.3. The Balaban J connectivity index is 1.47. The van der Waals surface area contributed by atoms with Crippen molar-refractivity contribution in [3.63, 3.8) is 0 Å². The van der Waals surface area contributed by atoms with Gasteiger partial charge in [0.15, 0.2) is 0 Å². The average Bonchev–Trinajstić information content (AvgIpc) is 3.05. The van der Waals surface area contributed by atoms with E-state index in [9.17, 15) is 4.79 Å². The van der Waals surface area contributed by atoms with Gasteiger partial charge in [0.05, 0.1) is 17.7 Å². The number of nitrogens with zero attached hydrogens (tertiary/aromatic N) is 1. The zero-order chi connectivity index (χ0) is 17.4. The molecule has 25 heavy (non-hydrogen) atoms. The molecule has 0 spiro atoms. The molecule has 1 fully saturated rings. The number of ether oxygens (including phenoxy) is 1. The topological polar surface area (TPSA) is 67.0 Å². The summed E-state index contributed by atoms with van der Waals surface area (Å²) in [5.41, 5.74) is 5.83. The number of hydrogen-bond acceptors (Lipinski definition) is 4. The lowest BCUT2D eigenvalue weighted by molar-refractivity contribution is -0.125. The Morgan fingerprint density at radius 1 is 1.44 bits per heavy atom. The number of aryl methyl sites for hydroxylation is 1. The Hall–Kier alpha value is -2.34. The average molecular weight is 355 g/mol. The summed E-state index contributed by atoms with van der Waals surface area (Å²) in [6.07, 6.45) is 1.98. The van der Waals surface area contributed by atoms with Crippen LogP contribution in [0.1, 0.15) is 36.7 Å². The van der Waals surface area contributed by atoms with Gasteiger partial charge in [-0.05, 0) is 37.5 Å². The maximum atomic E-state index is 12.1. The number of hydrogen-bond donors (Lipinski definition) is 2. The Kier molecular flexibility index (Phi) is 4.00. The standard InChI is InChI=1S/C19H21N3O2S/c1-12-15-4-3-14(24-9-13-10-25-11-21-13)7-16(15)22-17(12)8-20-18(23)19(2)5-6-19/h3-4,7,10-11,22H,5-6,8-9H2,1-2H3,(H,20,23). The zero-order valence-corrected chi connectivity index (χ0v) is 15.2. The van der Waals surface area contributed by atoms with E-state index in [1.54, 1.807) is 16.8 Å². The first kappa shape index (κ1) is 16.1. The summed E-state index contributed by atoms with van der Waals surface area (Å²) >= 11 is 1.56. The van der Waals surface area contributed by atoms with Crippen molar-refractivity contribution in [3.8, 4) is 5.75 Å². The molecule has 2 heterocycles. The number of thiazole rings is 1. The number of benzene rings is 1. The number of H-pyrrole nitrogens is 1. The Morgan fingerprint density at radius 2 is 2.28 bits per heavy atom. The first-order chi connectivity index (χ1) is 12.0. The second-order valence-electron chi connectivity index (χ2n) is 6.95. The Labute approximate surface area is 150 Å². The zero-order valence-electron chi connectivity index (χ0n) is 14.4. The lowest BCUT2D eigenvalue weighted by Gasteiger charge is -2.09. The number of carbonyl (C=O) groups excluding carboxylic acids is 1. The number of carbonyl (C=O) groups is 1. The molecule has 5 nitrogen and oxygen atoms in total. The lowest BCUT2D eigenvalue weighted by Crippen LogP contribution is -2.30. The molecule has 0 aliphatic heterocycles. The largest absolute Gasteiger partial charge is 0.487 e. The minimum atomic E-state index is -0.142. The van der Waals surface area contributed by atoms with Gasteiger partial charge in [-0.1, -0.05) is 6.92 Å². The fourth-order valence-electron chi connectivity index (χ4n) is 2.90. The van der Waals surface area contributed by atoms with Crippen molar-refractivity contribution in [2.45, 2.75) is 39.8 Å². The van der Waals surface area contributed by atoms with E-state index in [0.717, 1.165) is 40.9 Å². The monoisotopic (exact) mass is 355 g/mol. The van der Waals surface area contributed by atoms with Gasteiger partial charge in [0, 0.05) is 33.5 Å². The van der Waals surface area contributed by atoms with Crippen LogP contribution >= 0.6 is 11.3 Å². The first-order valence-electron chi connectivity index (χ1n) is 8.44. The number of fused-ring (bicyclic) bond motifs is 1. The second-order valence-corrected chi connectivity index (χ2v) is 7.67. The number of aromatic amines is 1. The highest BCUT2D eigenvalue weighted by Gasteiger charge is 2.44. The molecule has 0 bridgehead atoms. The van der Waals surface area contributed by atoms with Crippen LogP contribution in [-0.4, -0.2) is 15.9 Å². The van der Waals surface area contributed by atoms with E-state index in [-0.39, 0.29) is 11.3 Å². The van der Waals surface area contributed by atoms with E-state index >= 15 is 0 Å². The molecule has 1 aromatic carbocycles. The fourth-order valence-corrected chi connectivity index (χ4v) is 3.45. The van der Waals surface area contributed by atoms with Gasteiger partial charge in [0.2, 0.25) is 5.91 Å². The summed E-state index contributed by atoms with van der Waals surface area (Å²) in [4.78, 5) is 19.8. The van der Waals surface area contributed by atoms with Gasteiger partial charge in [0.25, 0.3) is 0 Å². The summed E-state index contributed by atoms with van der Waals surface area (Å²) in [5.74, 6) is 0.959. The molecule has 6 heteroatoms. The summed E-state index contributed by atoms with van der Waals surface area (Å²) < 4.78 is 5.81. The van der Waals surface area contributed by atoms with Crippen LogP contribution in [0.25, 0.3) is 10.9 Å². The van der Waals surface area contributed by atoms with Gasteiger partial charge < -0.3 is 15.0 Å². The first-order valence-corrected chi connectivity index (χ1v) is 9.39. The van der Waals surface area contributed by atoms with Crippen LogP contribution in [0.4, 0.5) is 0 Å². The summed E-state index contributed by atoms with van der Waals surface area (Å²) in [7, 11) is 0. The Morgan fingerprint density at radius 3 is 3.00 bits per heavy atom. The highest BCUT2D eigenvalue weighted by Crippen LogP contribution is 2.45. The number of aromatic nitrogens is 2. The van der Waals surface area contributed by atoms with Crippen molar-refractivity contribution >= 4 is 28.1 Å². The third-order valence-electron chi connectivity index (χ3n) is 4.98. The van der Waals surface area contributed by atoms with E-state index in [4.69, 9.17) is 4.74 Å². The predicted molar refractivity (Wildman–Crippen MR) is 98.7 cm³/mol. The van der Waals surface area contributed by atoms with Crippen molar-refractivity contribution in [2.75, 3.05) is 0 Å². The molecular formula is C19H21N3O2S. The van der Waals surface area contributed by atoms with Crippen LogP contribution in [0.3, 0.4) is 0 Å². The summed E-state index contributed by atoms with van der Waals surface area (Å²) in [6, 6.07) is 6.04. The van der Waals surface area contributed by atoms with Gasteiger partial charge in [-0.15, -0.1) is 11.3 Å². The van der Waals surface area contributed by atoms with E-state index in [1.165, 1.54) is 5.56 Å². The van der Waals surface area contributed by atoms with Crippen molar-refractivity contribution < 1.29 is 9.53 Å². The van der Waals surface area contributed by atoms with Crippen LogP contribution in [0.15, 0.2) is 29.1 Å². The molecule has 0 unspecified atom stereocenters. The molecular weight excluding hydrogens is 334 g/mol. The van der Waals surface area contributed by atoms with Crippen LogP contribution in [0.5, 0.6) is 5.75 Å². The lowest BCUT2D eigenvalue weighted by atomic mass is 10.1. The molecule has 1 amide bonds.